The molecule has 0 aromatic carbocycles. The fraction of sp³-hybridized carbons (Fsp3) is 1.00. The normalized spacial score (nSPS) is 15.8. The minimum Gasteiger partial charge on any atom is -0.395 e. The standard InChI is InChI=1S/C11H24F2N2O/c1-4-11(2,8-14-3)9-15(5-6-16)7-10(12)13/h10,14,16H,4-9H2,1-3H3. The molecule has 0 aromatic heterocycles. The van der Waals surface area contributed by atoms with Gasteiger partial charge >= 0.3 is 0 Å². The van der Waals surface area contributed by atoms with Crippen molar-refractivity contribution in [2.45, 2.75) is 26.7 Å². The Labute approximate surface area is 96.8 Å². The summed E-state index contributed by atoms with van der Waals surface area (Å²) in [4.78, 5) is 1.63. The monoisotopic (exact) mass is 238 g/mol. The second kappa shape index (κ2) is 7.92. The summed E-state index contributed by atoms with van der Waals surface area (Å²) in [5.74, 6) is 0. The van der Waals surface area contributed by atoms with Crippen molar-refractivity contribution < 1.29 is 13.9 Å². The number of nitrogens with zero attached hydrogens (tertiary/aromatic N) is 1. The summed E-state index contributed by atoms with van der Waals surface area (Å²) in [5.41, 5.74) is -0.0290. The number of aliphatic hydroxyl groups is 1. The predicted molar refractivity (Wildman–Crippen MR) is 61.9 cm³/mol. The SMILES string of the molecule is CCC(C)(CNC)CN(CCO)CC(F)F. The molecule has 98 valence electrons. The summed E-state index contributed by atoms with van der Waals surface area (Å²) in [6.07, 6.45) is -1.43. The van der Waals surface area contributed by atoms with Crippen LogP contribution in [0.5, 0.6) is 0 Å². The van der Waals surface area contributed by atoms with E-state index in [1.54, 1.807) is 4.90 Å². The van der Waals surface area contributed by atoms with E-state index in [-0.39, 0.29) is 18.6 Å². The average Bonchev–Trinajstić information content (AvgIpc) is 2.17. The van der Waals surface area contributed by atoms with Crippen LogP contribution in [0.3, 0.4) is 0 Å². The van der Waals surface area contributed by atoms with Gasteiger partial charge in [-0.2, -0.15) is 0 Å². The molecule has 16 heavy (non-hydrogen) atoms. The first-order chi connectivity index (χ1) is 7.47. The number of aliphatic hydroxyl groups excluding tert-OH is 1. The van der Waals surface area contributed by atoms with Crippen LogP contribution in [-0.2, 0) is 0 Å². The van der Waals surface area contributed by atoms with Crippen LogP contribution in [-0.4, -0.2) is 56.3 Å². The highest BCUT2D eigenvalue weighted by atomic mass is 19.3. The number of nitrogens with one attached hydrogen (secondary N) is 1. The van der Waals surface area contributed by atoms with Crippen molar-refractivity contribution in [1.82, 2.24) is 10.2 Å². The maximum Gasteiger partial charge on any atom is 0.251 e. The highest BCUT2D eigenvalue weighted by molar-refractivity contribution is 4.79. The summed E-state index contributed by atoms with van der Waals surface area (Å²) >= 11 is 0. The topological polar surface area (TPSA) is 35.5 Å². The van der Waals surface area contributed by atoms with Gasteiger partial charge in [-0.25, -0.2) is 8.78 Å². The summed E-state index contributed by atoms with van der Waals surface area (Å²) in [6.45, 7) is 5.45. The zero-order valence-electron chi connectivity index (χ0n) is 10.5. The van der Waals surface area contributed by atoms with Crippen LogP contribution in [0.2, 0.25) is 0 Å². The third-order valence-corrected chi connectivity index (χ3v) is 2.87. The number of alkyl halides is 2. The van der Waals surface area contributed by atoms with Gasteiger partial charge in [0.25, 0.3) is 6.43 Å². The van der Waals surface area contributed by atoms with Gasteiger partial charge in [-0.15, -0.1) is 0 Å². The second-order valence-electron chi connectivity index (χ2n) is 4.54. The van der Waals surface area contributed by atoms with Gasteiger partial charge in [0.1, 0.15) is 0 Å². The molecule has 0 radical (unpaired) electrons. The third-order valence-electron chi connectivity index (χ3n) is 2.87. The van der Waals surface area contributed by atoms with Crippen molar-refractivity contribution in [2.24, 2.45) is 5.41 Å². The van der Waals surface area contributed by atoms with Crippen LogP contribution < -0.4 is 5.32 Å². The Bertz CT molecular complexity index is 181. The molecule has 0 aliphatic rings. The van der Waals surface area contributed by atoms with E-state index in [0.717, 1.165) is 13.0 Å². The molecule has 3 nitrogen and oxygen atoms in total. The fourth-order valence-electron chi connectivity index (χ4n) is 1.83. The van der Waals surface area contributed by atoms with Crippen molar-refractivity contribution in [3.05, 3.63) is 0 Å². The Morgan fingerprint density at radius 2 is 2.06 bits per heavy atom. The number of rotatable bonds is 9. The van der Waals surface area contributed by atoms with Gasteiger partial charge in [-0.05, 0) is 18.9 Å². The van der Waals surface area contributed by atoms with Crippen LogP contribution in [0.25, 0.3) is 0 Å². The molecule has 5 heteroatoms. The first-order valence-corrected chi connectivity index (χ1v) is 5.73. The van der Waals surface area contributed by atoms with E-state index in [4.69, 9.17) is 5.11 Å². The Morgan fingerprint density at radius 1 is 1.44 bits per heavy atom. The molecule has 0 spiro atoms. The van der Waals surface area contributed by atoms with Crippen LogP contribution >= 0.6 is 0 Å². The Morgan fingerprint density at radius 3 is 2.44 bits per heavy atom. The lowest BCUT2D eigenvalue weighted by Gasteiger charge is -2.34. The van der Waals surface area contributed by atoms with Crippen molar-refractivity contribution in [2.75, 3.05) is 39.8 Å². The van der Waals surface area contributed by atoms with E-state index in [1.165, 1.54) is 0 Å². The maximum absolute atomic E-state index is 12.3. The quantitative estimate of drug-likeness (QED) is 0.633. The lowest BCUT2D eigenvalue weighted by molar-refractivity contribution is 0.0536. The number of halogens is 2. The van der Waals surface area contributed by atoms with Gasteiger partial charge in [0.15, 0.2) is 0 Å². The zero-order chi connectivity index (χ0) is 12.6. The van der Waals surface area contributed by atoms with E-state index in [9.17, 15) is 8.78 Å². The Hall–Kier alpha value is -0.260. The van der Waals surface area contributed by atoms with Crippen LogP contribution in [0.1, 0.15) is 20.3 Å². The van der Waals surface area contributed by atoms with Gasteiger partial charge in [-0.3, -0.25) is 4.90 Å². The highest BCUT2D eigenvalue weighted by Gasteiger charge is 2.25. The lowest BCUT2D eigenvalue weighted by atomic mass is 9.86. The molecular weight excluding hydrogens is 214 g/mol. The van der Waals surface area contributed by atoms with Gasteiger partial charge < -0.3 is 10.4 Å². The number of hydrogen-bond donors (Lipinski definition) is 2. The second-order valence-corrected chi connectivity index (χ2v) is 4.54. The minimum absolute atomic E-state index is 0.0290. The first kappa shape index (κ1) is 15.7. The summed E-state index contributed by atoms with van der Waals surface area (Å²) in [7, 11) is 1.86. The molecule has 1 atom stereocenters. The van der Waals surface area contributed by atoms with Gasteiger partial charge in [0.05, 0.1) is 13.2 Å². The molecule has 0 aromatic rings. The molecule has 0 fully saturated rings. The number of hydrogen-bond acceptors (Lipinski definition) is 3. The van der Waals surface area contributed by atoms with Crippen LogP contribution in [0.15, 0.2) is 0 Å². The van der Waals surface area contributed by atoms with Crippen LogP contribution in [0.4, 0.5) is 8.78 Å². The molecule has 0 amide bonds. The van der Waals surface area contributed by atoms with Gasteiger partial charge in [-0.1, -0.05) is 13.8 Å². The average molecular weight is 238 g/mol. The summed E-state index contributed by atoms with van der Waals surface area (Å²) in [5, 5.41) is 11.9. The first-order valence-electron chi connectivity index (χ1n) is 5.73. The molecule has 2 N–H and O–H groups in total. The van der Waals surface area contributed by atoms with E-state index in [2.05, 4.69) is 19.2 Å². The molecule has 0 rings (SSSR count). The smallest absolute Gasteiger partial charge is 0.251 e. The lowest BCUT2D eigenvalue weighted by Crippen LogP contribution is -2.44. The molecule has 0 aliphatic heterocycles. The highest BCUT2D eigenvalue weighted by Crippen LogP contribution is 2.21. The molecule has 0 bridgehead atoms. The largest absolute Gasteiger partial charge is 0.395 e. The third kappa shape index (κ3) is 6.35. The molecule has 0 aliphatic carbocycles. The summed E-state index contributed by atoms with van der Waals surface area (Å²) < 4.78 is 24.7. The van der Waals surface area contributed by atoms with E-state index in [0.29, 0.717) is 13.1 Å². The van der Waals surface area contributed by atoms with Crippen molar-refractivity contribution >= 4 is 0 Å². The van der Waals surface area contributed by atoms with E-state index in [1.807, 2.05) is 7.05 Å². The zero-order valence-corrected chi connectivity index (χ0v) is 10.5. The molecule has 0 saturated carbocycles. The van der Waals surface area contributed by atoms with Gasteiger partial charge in [0, 0.05) is 19.6 Å². The minimum atomic E-state index is -2.35. The van der Waals surface area contributed by atoms with Crippen molar-refractivity contribution in [3.8, 4) is 0 Å². The predicted octanol–water partition coefficient (Wildman–Crippen LogP) is 1.18. The fourth-order valence-corrected chi connectivity index (χ4v) is 1.83. The van der Waals surface area contributed by atoms with Crippen molar-refractivity contribution in [3.63, 3.8) is 0 Å². The van der Waals surface area contributed by atoms with Gasteiger partial charge in [0.2, 0.25) is 0 Å². The van der Waals surface area contributed by atoms with E-state index >= 15 is 0 Å². The van der Waals surface area contributed by atoms with Crippen molar-refractivity contribution in [1.29, 1.82) is 0 Å². The molecule has 0 saturated heterocycles. The maximum atomic E-state index is 12.3. The molecular formula is C11H24F2N2O. The van der Waals surface area contributed by atoms with E-state index < -0.39 is 6.43 Å². The molecule has 1 unspecified atom stereocenters. The Kier molecular flexibility index (Phi) is 7.80. The summed E-state index contributed by atoms with van der Waals surface area (Å²) in [6, 6.07) is 0. The van der Waals surface area contributed by atoms with Crippen LogP contribution in [0, 0.1) is 5.41 Å². The molecule has 0 heterocycles. The Balaban J connectivity index is 4.32.